The number of nitrogens with one attached hydrogen (secondary N) is 2. The molecule has 0 saturated carbocycles. The summed E-state index contributed by atoms with van der Waals surface area (Å²) < 4.78 is 24.0. The highest BCUT2D eigenvalue weighted by molar-refractivity contribution is 5.88. The van der Waals surface area contributed by atoms with Gasteiger partial charge in [0.25, 0.3) is 0 Å². The number of hydrogen-bond donors (Lipinski definition) is 2. The van der Waals surface area contributed by atoms with E-state index in [1.54, 1.807) is 32.2 Å². The van der Waals surface area contributed by atoms with Crippen molar-refractivity contribution in [1.29, 1.82) is 0 Å². The Bertz CT molecular complexity index is 756. The molecule has 1 aromatic carbocycles. The number of esters is 1. The first-order valence-electron chi connectivity index (χ1n) is 7.98. The maximum absolute atomic E-state index is 13.9. The third kappa shape index (κ3) is 5.27. The van der Waals surface area contributed by atoms with Crippen molar-refractivity contribution in [1.82, 2.24) is 14.9 Å². The van der Waals surface area contributed by atoms with Gasteiger partial charge in [0.2, 0.25) is 0 Å². The number of ether oxygens (including phenoxy) is 2. The van der Waals surface area contributed by atoms with E-state index in [9.17, 15) is 14.0 Å². The molecule has 2 aromatic rings. The lowest BCUT2D eigenvalue weighted by Crippen LogP contribution is -2.28. The molecule has 7 nitrogen and oxygen atoms in total. The Morgan fingerprint density at radius 3 is 2.68 bits per heavy atom. The average Bonchev–Trinajstić information content (AvgIpc) is 2.95. The molecule has 2 N–H and O–H groups in total. The molecule has 0 radical (unpaired) electrons. The monoisotopic (exact) mass is 351 g/mol. The fraction of sp³-hybridized carbons (Fsp3) is 0.412. The van der Waals surface area contributed by atoms with E-state index in [2.05, 4.69) is 9.97 Å². The number of hydrogen-bond acceptors (Lipinski definition) is 5. The lowest BCUT2D eigenvalue weighted by atomic mass is 10.2. The maximum Gasteiger partial charge on any atom is 0.356 e. The number of imidazole rings is 1. The van der Waals surface area contributed by atoms with Gasteiger partial charge in [0.15, 0.2) is 0 Å². The van der Waals surface area contributed by atoms with Crippen LogP contribution in [0.25, 0.3) is 0 Å². The summed E-state index contributed by atoms with van der Waals surface area (Å²) in [6.07, 6.45) is 0. The summed E-state index contributed by atoms with van der Waals surface area (Å²) >= 11 is 0. The number of carbonyl (C=O) groups is 1. The smallest absolute Gasteiger partial charge is 0.356 e. The third-order valence-corrected chi connectivity index (χ3v) is 3.63. The lowest BCUT2D eigenvalue weighted by molar-refractivity contribution is 0.0516. The average molecular weight is 351 g/mol. The summed E-state index contributed by atoms with van der Waals surface area (Å²) in [6.45, 7) is 3.37. The van der Waals surface area contributed by atoms with E-state index in [1.807, 2.05) is 4.90 Å². The molecule has 0 fully saturated rings. The molecule has 25 heavy (non-hydrogen) atoms. The molecule has 136 valence electrons. The van der Waals surface area contributed by atoms with E-state index in [-0.39, 0.29) is 24.7 Å². The predicted octanol–water partition coefficient (Wildman–Crippen LogP) is 1.67. The quantitative estimate of drug-likeness (QED) is 0.671. The molecule has 0 amide bonds. The predicted molar refractivity (Wildman–Crippen MR) is 89.8 cm³/mol. The van der Waals surface area contributed by atoms with E-state index >= 15 is 0 Å². The van der Waals surface area contributed by atoms with E-state index in [0.717, 1.165) is 0 Å². The number of nitrogens with zero attached hydrogens (tertiary/aromatic N) is 1. The van der Waals surface area contributed by atoms with Crippen LogP contribution < -0.4 is 5.69 Å². The molecule has 0 bridgehead atoms. The summed E-state index contributed by atoms with van der Waals surface area (Å²) in [5.74, 6) is -0.911. The molecule has 0 saturated heterocycles. The number of aromatic amines is 2. The Labute approximate surface area is 144 Å². The van der Waals surface area contributed by atoms with Crippen molar-refractivity contribution in [2.24, 2.45) is 0 Å². The summed E-state index contributed by atoms with van der Waals surface area (Å²) in [6, 6.07) is 6.48. The minimum absolute atomic E-state index is 0.0859. The number of halogens is 1. The summed E-state index contributed by atoms with van der Waals surface area (Å²) in [7, 11) is 1.57. The molecular weight excluding hydrogens is 329 g/mol. The van der Waals surface area contributed by atoms with Gasteiger partial charge in [0.05, 0.1) is 18.9 Å². The standard InChI is InChI=1S/C17H22FN3O4/c1-3-25-16(22)15-14(19-17(23)20-15)11-21(8-9-24-2)10-12-6-4-5-7-13(12)18/h4-7H,3,8-11H2,1-2H3,(H2,19,20,23). The van der Waals surface area contributed by atoms with Gasteiger partial charge in [-0.25, -0.2) is 14.0 Å². The molecule has 1 heterocycles. The second-order valence-electron chi connectivity index (χ2n) is 5.45. The molecule has 1 aromatic heterocycles. The van der Waals surface area contributed by atoms with Crippen LogP contribution in [0, 0.1) is 5.82 Å². The highest BCUT2D eigenvalue weighted by Crippen LogP contribution is 2.13. The van der Waals surface area contributed by atoms with Crippen LogP contribution in [-0.4, -0.2) is 47.7 Å². The third-order valence-electron chi connectivity index (χ3n) is 3.63. The zero-order chi connectivity index (χ0) is 18.2. The molecule has 0 aliphatic carbocycles. The topological polar surface area (TPSA) is 87.4 Å². The summed E-state index contributed by atoms with van der Waals surface area (Å²) in [5.41, 5.74) is 0.517. The van der Waals surface area contributed by atoms with Gasteiger partial charge >= 0.3 is 11.7 Å². The first kappa shape index (κ1) is 18.9. The lowest BCUT2D eigenvalue weighted by Gasteiger charge is -2.22. The van der Waals surface area contributed by atoms with Crippen molar-refractivity contribution in [2.45, 2.75) is 20.0 Å². The molecule has 2 rings (SSSR count). The molecule has 0 unspecified atom stereocenters. The van der Waals surface area contributed by atoms with E-state index in [4.69, 9.17) is 9.47 Å². The SMILES string of the molecule is CCOC(=O)c1[nH]c(=O)[nH]c1CN(CCOC)Cc1ccccc1F. The molecule has 0 aliphatic heterocycles. The normalized spacial score (nSPS) is 11.0. The summed E-state index contributed by atoms with van der Waals surface area (Å²) in [4.78, 5) is 30.5. The molecule has 0 atom stereocenters. The molecule has 8 heteroatoms. The van der Waals surface area contributed by atoms with Gasteiger partial charge in [-0.15, -0.1) is 0 Å². The fourth-order valence-electron chi connectivity index (χ4n) is 2.44. The highest BCUT2D eigenvalue weighted by atomic mass is 19.1. The van der Waals surface area contributed by atoms with Crippen LogP contribution in [0.5, 0.6) is 0 Å². The van der Waals surface area contributed by atoms with Crippen LogP contribution in [0.15, 0.2) is 29.1 Å². The van der Waals surface area contributed by atoms with Gasteiger partial charge in [0, 0.05) is 32.3 Å². The number of methoxy groups -OCH3 is 1. The van der Waals surface area contributed by atoms with Gasteiger partial charge in [-0.2, -0.15) is 0 Å². The van der Waals surface area contributed by atoms with Gasteiger partial charge < -0.3 is 14.5 Å². The number of carbonyl (C=O) groups excluding carboxylic acids is 1. The second kappa shape index (κ2) is 9.14. The van der Waals surface area contributed by atoms with Crippen LogP contribution in [0.1, 0.15) is 28.7 Å². The van der Waals surface area contributed by atoms with Crippen molar-refractivity contribution < 1.29 is 18.7 Å². The Morgan fingerprint density at radius 1 is 1.24 bits per heavy atom. The number of benzene rings is 1. The number of aromatic nitrogens is 2. The van der Waals surface area contributed by atoms with E-state index < -0.39 is 11.7 Å². The van der Waals surface area contributed by atoms with Crippen molar-refractivity contribution in [2.75, 3.05) is 26.9 Å². The largest absolute Gasteiger partial charge is 0.461 e. The minimum atomic E-state index is -0.603. The Kier molecular flexibility index (Phi) is 6.91. The Morgan fingerprint density at radius 2 is 2.00 bits per heavy atom. The van der Waals surface area contributed by atoms with E-state index in [1.165, 1.54) is 6.07 Å². The van der Waals surface area contributed by atoms with Crippen molar-refractivity contribution in [3.05, 3.63) is 57.5 Å². The minimum Gasteiger partial charge on any atom is -0.461 e. The van der Waals surface area contributed by atoms with Gasteiger partial charge in [-0.05, 0) is 13.0 Å². The van der Waals surface area contributed by atoms with Crippen LogP contribution >= 0.6 is 0 Å². The van der Waals surface area contributed by atoms with Crippen molar-refractivity contribution in [3.63, 3.8) is 0 Å². The van der Waals surface area contributed by atoms with Crippen LogP contribution in [0.4, 0.5) is 4.39 Å². The van der Waals surface area contributed by atoms with Crippen LogP contribution in [-0.2, 0) is 22.6 Å². The fourth-order valence-corrected chi connectivity index (χ4v) is 2.44. The van der Waals surface area contributed by atoms with Crippen LogP contribution in [0.3, 0.4) is 0 Å². The second-order valence-corrected chi connectivity index (χ2v) is 5.45. The molecule has 0 aliphatic rings. The van der Waals surface area contributed by atoms with E-state index in [0.29, 0.717) is 31.0 Å². The number of H-pyrrole nitrogens is 2. The van der Waals surface area contributed by atoms with Crippen molar-refractivity contribution in [3.8, 4) is 0 Å². The zero-order valence-corrected chi connectivity index (χ0v) is 14.3. The molecular formula is C17H22FN3O4. The van der Waals surface area contributed by atoms with Crippen LogP contribution in [0.2, 0.25) is 0 Å². The first-order valence-corrected chi connectivity index (χ1v) is 7.98. The number of rotatable bonds is 9. The molecule has 0 spiro atoms. The highest BCUT2D eigenvalue weighted by Gasteiger charge is 2.19. The van der Waals surface area contributed by atoms with Gasteiger partial charge in [-0.1, -0.05) is 18.2 Å². The van der Waals surface area contributed by atoms with Gasteiger partial charge in [-0.3, -0.25) is 9.88 Å². The summed E-state index contributed by atoms with van der Waals surface area (Å²) in [5, 5.41) is 0. The van der Waals surface area contributed by atoms with Gasteiger partial charge in [0.1, 0.15) is 11.5 Å². The van der Waals surface area contributed by atoms with Crippen molar-refractivity contribution >= 4 is 5.97 Å². The maximum atomic E-state index is 13.9. The zero-order valence-electron chi connectivity index (χ0n) is 14.3. The first-order chi connectivity index (χ1) is 12.0. The Hall–Kier alpha value is -2.45. The Balaban J connectivity index is 2.21.